The first-order chi connectivity index (χ1) is 16.0. The zero-order chi connectivity index (χ0) is 24.7. The van der Waals surface area contributed by atoms with Gasteiger partial charge in [-0.2, -0.15) is 18.4 Å². The molecule has 1 fully saturated rings. The van der Waals surface area contributed by atoms with Crippen molar-refractivity contribution in [2.45, 2.75) is 42.0 Å². The number of halogens is 3. The second kappa shape index (κ2) is 8.48. The standard InChI is InChI=1S/C22H19F3N4O4S/c1-33-18-8-15(7-16(18)20(30)29-21(11-26)4-5-21)34(31,32)19-3-2-13(6-17(19)22(23,24)25)14-9-27-12-28-10-14/h2-3,6-7,9-10,12,16,18H,4-5,8H2,1H3,(H,29,30)/t16-,18-/m0/s1. The molecule has 0 saturated heterocycles. The zero-order valence-corrected chi connectivity index (χ0v) is 18.7. The molecule has 0 bridgehead atoms. The summed E-state index contributed by atoms with van der Waals surface area (Å²) in [6.45, 7) is 0. The summed E-state index contributed by atoms with van der Waals surface area (Å²) < 4.78 is 73.6. The highest BCUT2D eigenvalue weighted by atomic mass is 32.2. The molecule has 1 aromatic heterocycles. The Kier molecular flexibility index (Phi) is 5.95. The van der Waals surface area contributed by atoms with Gasteiger partial charge < -0.3 is 10.1 Å². The van der Waals surface area contributed by atoms with Crippen LogP contribution in [0.15, 0.2) is 52.8 Å². The van der Waals surface area contributed by atoms with E-state index in [1.165, 1.54) is 31.9 Å². The number of sulfone groups is 1. The maximum absolute atomic E-state index is 13.9. The van der Waals surface area contributed by atoms with Crippen molar-refractivity contribution in [1.82, 2.24) is 15.3 Å². The molecule has 2 aliphatic carbocycles. The molecule has 4 rings (SSSR count). The van der Waals surface area contributed by atoms with Crippen molar-refractivity contribution in [2.24, 2.45) is 5.92 Å². The molecule has 0 spiro atoms. The van der Waals surface area contributed by atoms with Gasteiger partial charge in [-0.3, -0.25) is 4.79 Å². The van der Waals surface area contributed by atoms with E-state index in [4.69, 9.17) is 4.74 Å². The number of carbonyl (C=O) groups excluding carboxylic acids is 1. The number of nitrogens with zero attached hydrogens (tertiary/aromatic N) is 3. The predicted octanol–water partition coefficient (Wildman–Crippen LogP) is 3.03. The molecule has 1 N–H and O–H groups in total. The Hall–Kier alpha value is -3.30. The lowest BCUT2D eigenvalue weighted by molar-refractivity contribution is -0.139. The number of benzene rings is 1. The molecule has 34 heavy (non-hydrogen) atoms. The van der Waals surface area contributed by atoms with E-state index in [9.17, 15) is 31.6 Å². The summed E-state index contributed by atoms with van der Waals surface area (Å²) >= 11 is 0. The molecule has 1 amide bonds. The van der Waals surface area contributed by atoms with Crippen LogP contribution in [-0.4, -0.2) is 43.0 Å². The van der Waals surface area contributed by atoms with Gasteiger partial charge in [-0.1, -0.05) is 12.1 Å². The average Bonchev–Trinajstić information content (AvgIpc) is 3.44. The molecule has 0 radical (unpaired) electrons. The van der Waals surface area contributed by atoms with Crippen LogP contribution < -0.4 is 5.32 Å². The van der Waals surface area contributed by atoms with Crippen LogP contribution in [0.3, 0.4) is 0 Å². The minimum Gasteiger partial charge on any atom is -0.380 e. The third kappa shape index (κ3) is 4.41. The fourth-order valence-corrected chi connectivity index (χ4v) is 5.54. The molecule has 178 valence electrons. The minimum absolute atomic E-state index is 0.102. The smallest absolute Gasteiger partial charge is 0.380 e. The molecule has 0 aliphatic heterocycles. The largest absolute Gasteiger partial charge is 0.417 e. The summed E-state index contributed by atoms with van der Waals surface area (Å²) in [5, 5.41) is 11.8. The highest BCUT2D eigenvalue weighted by Crippen LogP contribution is 2.42. The Morgan fingerprint density at radius 1 is 1.24 bits per heavy atom. The van der Waals surface area contributed by atoms with Gasteiger partial charge in [-0.05, 0) is 30.5 Å². The number of carbonyl (C=O) groups is 1. The third-order valence-corrected chi connectivity index (χ3v) is 7.84. The molecule has 1 saturated carbocycles. The number of hydrogen-bond acceptors (Lipinski definition) is 7. The number of aromatic nitrogens is 2. The quantitative estimate of drug-likeness (QED) is 0.658. The van der Waals surface area contributed by atoms with Crippen molar-refractivity contribution in [3.63, 3.8) is 0 Å². The molecule has 2 aromatic rings. The van der Waals surface area contributed by atoms with Gasteiger partial charge in [0.2, 0.25) is 15.7 Å². The first-order valence-corrected chi connectivity index (χ1v) is 11.7. The molecule has 12 heteroatoms. The van der Waals surface area contributed by atoms with Crippen LogP contribution in [0.2, 0.25) is 0 Å². The number of methoxy groups -OCH3 is 1. The molecule has 8 nitrogen and oxygen atoms in total. The Labute approximate surface area is 193 Å². The van der Waals surface area contributed by atoms with Gasteiger partial charge in [-0.25, -0.2) is 18.4 Å². The maximum atomic E-state index is 13.9. The second-order valence-electron chi connectivity index (χ2n) is 8.16. The summed E-state index contributed by atoms with van der Waals surface area (Å²) in [4.78, 5) is 19.0. The molecule has 0 unspecified atom stereocenters. The van der Waals surface area contributed by atoms with Gasteiger partial charge in [-0.15, -0.1) is 0 Å². The lowest BCUT2D eigenvalue weighted by Gasteiger charge is -2.19. The van der Waals surface area contributed by atoms with E-state index in [-0.39, 0.29) is 16.9 Å². The van der Waals surface area contributed by atoms with Crippen molar-refractivity contribution in [2.75, 3.05) is 7.11 Å². The van der Waals surface area contributed by atoms with E-state index in [2.05, 4.69) is 15.3 Å². The van der Waals surface area contributed by atoms with E-state index in [0.29, 0.717) is 18.4 Å². The monoisotopic (exact) mass is 492 g/mol. The number of rotatable bonds is 6. The summed E-state index contributed by atoms with van der Waals surface area (Å²) in [6, 6.07) is 4.89. The van der Waals surface area contributed by atoms with Crippen molar-refractivity contribution >= 4 is 15.7 Å². The number of alkyl halides is 3. The van der Waals surface area contributed by atoms with Crippen LogP contribution >= 0.6 is 0 Å². The van der Waals surface area contributed by atoms with Crippen LogP contribution in [0.25, 0.3) is 11.1 Å². The molecule has 1 heterocycles. The van der Waals surface area contributed by atoms with Crippen molar-refractivity contribution in [3.8, 4) is 17.2 Å². The fourth-order valence-electron chi connectivity index (χ4n) is 3.84. The lowest BCUT2D eigenvalue weighted by atomic mass is 10.0. The molecular formula is C22H19F3N4O4S. The van der Waals surface area contributed by atoms with E-state index < -0.39 is 49.9 Å². The number of amides is 1. The highest BCUT2D eigenvalue weighted by Gasteiger charge is 2.48. The number of ether oxygens (including phenoxy) is 1. The SMILES string of the molecule is CO[C@H]1CC(S(=O)(=O)c2ccc(-c3cncnc3)cc2C(F)(F)F)=C[C@@H]1C(=O)NC1(C#N)CC1. The molecule has 1 aromatic carbocycles. The first-order valence-electron chi connectivity index (χ1n) is 10.2. The molecule has 2 aliphatic rings. The summed E-state index contributed by atoms with van der Waals surface area (Å²) in [5.74, 6) is -1.66. The van der Waals surface area contributed by atoms with E-state index in [0.717, 1.165) is 18.2 Å². The van der Waals surface area contributed by atoms with Crippen molar-refractivity contribution in [3.05, 3.63) is 53.5 Å². The maximum Gasteiger partial charge on any atom is 0.417 e. The molecular weight excluding hydrogens is 473 g/mol. The third-order valence-electron chi connectivity index (χ3n) is 5.91. The van der Waals surface area contributed by atoms with Crippen molar-refractivity contribution < 1.29 is 31.1 Å². The van der Waals surface area contributed by atoms with Crippen LogP contribution in [0.4, 0.5) is 13.2 Å². The number of nitriles is 1. The zero-order valence-electron chi connectivity index (χ0n) is 17.8. The Balaban J connectivity index is 1.72. The van der Waals surface area contributed by atoms with Gasteiger partial charge >= 0.3 is 6.18 Å². The first kappa shape index (κ1) is 23.8. The minimum atomic E-state index is -4.96. The second-order valence-corrected chi connectivity index (χ2v) is 10.1. The summed E-state index contributed by atoms with van der Waals surface area (Å²) in [5.41, 5.74) is -1.92. The predicted molar refractivity (Wildman–Crippen MR) is 112 cm³/mol. The summed E-state index contributed by atoms with van der Waals surface area (Å²) in [7, 11) is -3.33. The van der Waals surface area contributed by atoms with Crippen LogP contribution in [-0.2, 0) is 25.5 Å². The average molecular weight is 492 g/mol. The Bertz CT molecular complexity index is 1300. The van der Waals surface area contributed by atoms with Crippen LogP contribution in [0.5, 0.6) is 0 Å². The topological polar surface area (TPSA) is 122 Å². The Morgan fingerprint density at radius 3 is 2.47 bits per heavy atom. The van der Waals surface area contributed by atoms with E-state index >= 15 is 0 Å². The van der Waals surface area contributed by atoms with Crippen molar-refractivity contribution in [1.29, 1.82) is 5.26 Å². The summed E-state index contributed by atoms with van der Waals surface area (Å²) in [6.07, 6.45) is -0.213. The van der Waals surface area contributed by atoms with Gasteiger partial charge in [0.25, 0.3) is 0 Å². The van der Waals surface area contributed by atoms with Gasteiger partial charge in [0.15, 0.2) is 0 Å². The van der Waals surface area contributed by atoms with E-state index in [1.807, 2.05) is 6.07 Å². The van der Waals surface area contributed by atoms with Gasteiger partial charge in [0.05, 0.1) is 28.6 Å². The number of nitrogens with one attached hydrogen (secondary N) is 1. The normalized spacial score (nSPS) is 21.4. The van der Waals surface area contributed by atoms with Gasteiger partial charge in [0, 0.05) is 36.4 Å². The number of hydrogen-bond donors (Lipinski definition) is 1. The molecule has 2 atom stereocenters. The fraction of sp³-hybridized carbons (Fsp3) is 0.364. The van der Waals surface area contributed by atoms with E-state index in [1.54, 1.807) is 0 Å². The Morgan fingerprint density at radius 2 is 1.91 bits per heavy atom. The van der Waals surface area contributed by atoms with Gasteiger partial charge in [0.1, 0.15) is 11.9 Å². The van der Waals surface area contributed by atoms with Crippen LogP contribution in [0.1, 0.15) is 24.8 Å². The lowest BCUT2D eigenvalue weighted by Crippen LogP contribution is -2.42. The highest BCUT2D eigenvalue weighted by molar-refractivity contribution is 7.95. The van der Waals surface area contributed by atoms with Crippen LogP contribution in [0, 0.1) is 17.2 Å².